The number of carboxylic acid groups (broad SMARTS) is 1. The van der Waals surface area contributed by atoms with Crippen LogP contribution >= 0.6 is 0 Å². The highest BCUT2D eigenvalue weighted by Crippen LogP contribution is 2.33. The maximum atomic E-state index is 11.1. The van der Waals surface area contributed by atoms with Crippen LogP contribution in [0.2, 0.25) is 0 Å². The number of carboxylic acids is 1. The first-order valence-electron chi connectivity index (χ1n) is 7.85. The number of rotatable bonds is 4. The number of aromatic hydroxyl groups is 1. The molecular weight excluding hydrogens is 318 g/mol. The molecule has 0 saturated carbocycles. The lowest BCUT2D eigenvalue weighted by Gasteiger charge is -2.23. The molecule has 0 unspecified atom stereocenters. The summed E-state index contributed by atoms with van der Waals surface area (Å²) in [5.74, 6) is -0.899. The van der Waals surface area contributed by atoms with E-state index >= 15 is 0 Å². The van der Waals surface area contributed by atoms with Crippen LogP contribution < -0.4 is 0 Å². The Hall–Kier alpha value is -3.15. The van der Waals surface area contributed by atoms with E-state index in [0.717, 1.165) is 5.56 Å². The van der Waals surface area contributed by atoms with Gasteiger partial charge in [0.1, 0.15) is 0 Å². The minimum atomic E-state index is -1.06. The number of carbonyl (C=O) groups is 1. The van der Waals surface area contributed by atoms with Gasteiger partial charge in [-0.25, -0.2) is 9.78 Å². The molecule has 2 N–H and O–H groups in total. The van der Waals surface area contributed by atoms with Gasteiger partial charge in [0, 0.05) is 17.7 Å². The van der Waals surface area contributed by atoms with Crippen molar-refractivity contribution in [2.45, 2.75) is 26.2 Å². The van der Waals surface area contributed by atoms with Crippen LogP contribution in [-0.4, -0.2) is 30.9 Å². The molecule has 25 heavy (non-hydrogen) atoms. The summed E-state index contributed by atoms with van der Waals surface area (Å²) < 4.78 is 1.25. The summed E-state index contributed by atoms with van der Waals surface area (Å²) in [6.07, 6.45) is 1.38. The Kier molecular flexibility index (Phi) is 4.04. The molecule has 0 amide bonds. The number of aryl methyl sites for hydroxylation is 1. The molecule has 0 aliphatic heterocycles. The summed E-state index contributed by atoms with van der Waals surface area (Å²) in [6, 6.07) is 12.5. The molecular formula is C19H19N3O3. The van der Waals surface area contributed by atoms with Crippen molar-refractivity contribution in [1.29, 1.82) is 0 Å². The fourth-order valence-corrected chi connectivity index (χ4v) is 2.63. The molecule has 0 bridgehead atoms. The van der Waals surface area contributed by atoms with E-state index in [-0.39, 0.29) is 17.3 Å². The first kappa shape index (κ1) is 16.7. The molecule has 6 heteroatoms. The van der Waals surface area contributed by atoms with Gasteiger partial charge in [0.05, 0.1) is 11.3 Å². The molecule has 0 radical (unpaired) electrons. The highest BCUT2D eigenvalue weighted by atomic mass is 16.4. The number of pyridine rings is 1. The van der Waals surface area contributed by atoms with E-state index in [0.29, 0.717) is 5.69 Å². The standard InChI is InChI=1S/C19H19N3O3/c1-12-4-6-14(7-5-12)19(2,3)15-11-17(23)22(21-15)16-10-13(18(24)25)8-9-20-16/h4-11,23H,1-3H3,(H,24,25). The molecule has 1 aromatic carbocycles. The predicted octanol–water partition coefficient (Wildman–Crippen LogP) is 3.31. The summed E-state index contributed by atoms with van der Waals surface area (Å²) in [7, 11) is 0. The van der Waals surface area contributed by atoms with E-state index in [1.54, 1.807) is 6.07 Å². The van der Waals surface area contributed by atoms with Crippen LogP contribution in [0.3, 0.4) is 0 Å². The van der Waals surface area contributed by atoms with Crippen molar-refractivity contribution >= 4 is 5.97 Å². The monoisotopic (exact) mass is 337 g/mol. The Balaban J connectivity index is 2.04. The quantitative estimate of drug-likeness (QED) is 0.762. The second-order valence-corrected chi connectivity index (χ2v) is 6.50. The SMILES string of the molecule is Cc1ccc(C(C)(C)c2cc(O)n(-c3cc(C(=O)O)ccn3)n2)cc1. The number of aromatic nitrogens is 3. The van der Waals surface area contributed by atoms with Gasteiger partial charge in [-0.1, -0.05) is 43.7 Å². The first-order valence-corrected chi connectivity index (χ1v) is 7.85. The Morgan fingerprint density at radius 1 is 1.12 bits per heavy atom. The van der Waals surface area contributed by atoms with E-state index in [9.17, 15) is 9.90 Å². The maximum absolute atomic E-state index is 11.1. The molecule has 3 rings (SSSR count). The minimum absolute atomic E-state index is 0.0826. The third kappa shape index (κ3) is 3.10. The number of aromatic carboxylic acids is 1. The van der Waals surface area contributed by atoms with E-state index in [1.807, 2.05) is 45.0 Å². The normalized spacial score (nSPS) is 11.5. The summed E-state index contributed by atoms with van der Waals surface area (Å²) in [6.45, 7) is 6.06. The largest absolute Gasteiger partial charge is 0.493 e. The molecule has 0 saturated heterocycles. The van der Waals surface area contributed by atoms with Crippen LogP contribution in [0.15, 0.2) is 48.7 Å². The summed E-state index contributed by atoms with van der Waals surface area (Å²) in [5.41, 5.74) is 2.55. The van der Waals surface area contributed by atoms with Crippen LogP contribution in [0.25, 0.3) is 5.82 Å². The van der Waals surface area contributed by atoms with Crippen LogP contribution in [0.4, 0.5) is 0 Å². The van der Waals surface area contributed by atoms with Gasteiger partial charge in [-0.3, -0.25) is 0 Å². The second kappa shape index (κ2) is 6.05. The Bertz CT molecular complexity index is 927. The zero-order valence-corrected chi connectivity index (χ0v) is 14.3. The fourth-order valence-electron chi connectivity index (χ4n) is 2.63. The Morgan fingerprint density at radius 3 is 2.44 bits per heavy atom. The third-order valence-electron chi connectivity index (χ3n) is 4.31. The summed E-state index contributed by atoms with van der Waals surface area (Å²) in [4.78, 5) is 15.2. The van der Waals surface area contributed by atoms with Crippen molar-refractivity contribution in [2.75, 3.05) is 0 Å². The van der Waals surface area contributed by atoms with Gasteiger partial charge in [0.15, 0.2) is 5.82 Å². The van der Waals surface area contributed by atoms with Crippen LogP contribution in [0, 0.1) is 6.92 Å². The number of nitrogens with zero attached hydrogens (tertiary/aromatic N) is 3. The predicted molar refractivity (Wildman–Crippen MR) is 93.3 cm³/mol. The highest BCUT2D eigenvalue weighted by molar-refractivity contribution is 5.87. The zero-order valence-electron chi connectivity index (χ0n) is 14.3. The number of hydrogen-bond donors (Lipinski definition) is 2. The molecule has 2 aromatic heterocycles. The topological polar surface area (TPSA) is 88.2 Å². The molecule has 3 aromatic rings. The Morgan fingerprint density at radius 2 is 1.80 bits per heavy atom. The van der Waals surface area contributed by atoms with E-state index in [2.05, 4.69) is 10.1 Å². The van der Waals surface area contributed by atoms with E-state index < -0.39 is 11.4 Å². The van der Waals surface area contributed by atoms with Crippen molar-refractivity contribution in [3.8, 4) is 11.7 Å². The number of benzene rings is 1. The van der Waals surface area contributed by atoms with Crippen molar-refractivity contribution < 1.29 is 15.0 Å². The average molecular weight is 337 g/mol. The third-order valence-corrected chi connectivity index (χ3v) is 4.31. The van der Waals surface area contributed by atoms with Crippen LogP contribution in [-0.2, 0) is 5.41 Å². The smallest absolute Gasteiger partial charge is 0.335 e. The van der Waals surface area contributed by atoms with Gasteiger partial charge in [0.2, 0.25) is 5.88 Å². The van der Waals surface area contributed by atoms with Crippen molar-refractivity contribution in [2.24, 2.45) is 0 Å². The second-order valence-electron chi connectivity index (χ2n) is 6.50. The lowest BCUT2D eigenvalue weighted by Crippen LogP contribution is -2.20. The molecule has 0 spiro atoms. The molecule has 0 atom stereocenters. The molecule has 6 nitrogen and oxygen atoms in total. The molecule has 2 heterocycles. The molecule has 128 valence electrons. The maximum Gasteiger partial charge on any atom is 0.335 e. The zero-order chi connectivity index (χ0) is 18.2. The van der Waals surface area contributed by atoms with Crippen molar-refractivity contribution in [3.05, 3.63) is 71.0 Å². The highest BCUT2D eigenvalue weighted by Gasteiger charge is 2.28. The summed E-state index contributed by atoms with van der Waals surface area (Å²) >= 11 is 0. The van der Waals surface area contributed by atoms with Gasteiger partial charge in [-0.15, -0.1) is 0 Å². The molecule has 0 aliphatic rings. The van der Waals surface area contributed by atoms with Crippen LogP contribution in [0.1, 0.15) is 41.0 Å². The van der Waals surface area contributed by atoms with Gasteiger partial charge < -0.3 is 10.2 Å². The van der Waals surface area contributed by atoms with Gasteiger partial charge >= 0.3 is 5.97 Å². The molecule has 0 aliphatic carbocycles. The fraction of sp³-hybridized carbons (Fsp3) is 0.211. The van der Waals surface area contributed by atoms with E-state index in [4.69, 9.17) is 5.11 Å². The minimum Gasteiger partial charge on any atom is -0.493 e. The first-order chi connectivity index (χ1) is 11.8. The van der Waals surface area contributed by atoms with Crippen LogP contribution in [0.5, 0.6) is 5.88 Å². The average Bonchev–Trinajstić information content (AvgIpc) is 2.98. The van der Waals surface area contributed by atoms with Crippen molar-refractivity contribution in [3.63, 3.8) is 0 Å². The van der Waals surface area contributed by atoms with Gasteiger partial charge in [0.25, 0.3) is 0 Å². The van der Waals surface area contributed by atoms with Gasteiger partial charge in [-0.05, 0) is 24.6 Å². The molecule has 0 fully saturated rings. The van der Waals surface area contributed by atoms with Crippen molar-refractivity contribution in [1.82, 2.24) is 14.8 Å². The Labute approximate surface area is 145 Å². The lowest BCUT2D eigenvalue weighted by atomic mass is 9.81. The van der Waals surface area contributed by atoms with E-state index in [1.165, 1.54) is 28.6 Å². The number of hydrogen-bond acceptors (Lipinski definition) is 4. The summed E-state index contributed by atoms with van der Waals surface area (Å²) in [5, 5.41) is 23.9. The lowest BCUT2D eigenvalue weighted by molar-refractivity contribution is 0.0696. The van der Waals surface area contributed by atoms with Gasteiger partial charge in [-0.2, -0.15) is 9.78 Å².